The first-order chi connectivity index (χ1) is 13.7. The van der Waals surface area contributed by atoms with Crippen molar-refractivity contribution in [3.05, 3.63) is 53.4 Å². The average Bonchev–Trinajstić information content (AvgIpc) is 3.12. The highest BCUT2D eigenvalue weighted by molar-refractivity contribution is 5.94. The van der Waals surface area contributed by atoms with Crippen molar-refractivity contribution >= 4 is 11.3 Å². The highest BCUT2D eigenvalue weighted by Gasteiger charge is 2.36. The summed E-state index contributed by atoms with van der Waals surface area (Å²) in [5.41, 5.74) is 3.67. The van der Waals surface area contributed by atoms with Gasteiger partial charge in [0.05, 0.1) is 5.71 Å². The molecule has 3 atom stereocenters. The van der Waals surface area contributed by atoms with E-state index >= 15 is 0 Å². The Bertz CT molecular complexity index is 820. The second-order valence-electron chi connectivity index (χ2n) is 9.95. The van der Waals surface area contributed by atoms with E-state index in [0.29, 0.717) is 23.3 Å². The zero-order valence-electron chi connectivity index (χ0n) is 18.8. The van der Waals surface area contributed by atoms with Crippen LogP contribution in [0.2, 0.25) is 0 Å². The van der Waals surface area contributed by atoms with E-state index in [9.17, 15) is 4.39 Å². The molecule has 3 rings (SSSR count). The maximum Gasteiger partial charge on any atom is 0.133 e. The van der Waals surface area contributed by atoms with Crippen LogP contribution in [0.4, 0.5) is 4.39 Å². The third-order valence-corrected chi connectivity index (χ3v) is 6.53. The predicted molar refractivity (Wildman–Crippen MR) is 120 cm³/mol. The van der Waals surface area contributed by atoms with E-state index in [1.165, 1.54) is 0 Å². The molecule has 158 valence electrons. The molecule has 1 heterocycles. The summed E-state index contributed by atoms with van der Waals surface area (Å²) in [6, 6.07) is 5.66. The molecule has 0 amide bonds. The molecule has 1 aliphatic heterocycles. The zero-order chi connectivity index (χ0) is 21.2. The lowest BCUT2D eigenvalue weighted by Gasteiger charge is -2.28. The molecule has 0 aromatic heterocycles. The quantitative estimate of drug-likeness (QED) is 0.477. The molecule has 3 heteroatoms. The van der Waals surface area contributed by atoms with E-state index in [0.717, 1.165) is 42.5 Å². The summed E-state index contributed by atoms with van der Waals surface area (Å²) in [5.74, 6) is 1.67. The van der Waals surface area contributed by atoms with Gasteiger partial charge in [0.15, 0.2) is 0 Å². The first-order valence-electron chi connectivity index (χ1n) is 11.1. The summed E-state index contributed by atoms with van der Waals surface area (Å²) in [5, 5.41) is 4.44. The molecule has 1 aromatic carbocycles. The third kappa shape index (κ3) is 5.18. The molecule has 0 saturated carbocycles. The number of rotatable bonds is 7. The Balaban J connectivity index is 1.65. The lowest BCUT2D eigenvalue weighted by molar-refractivity contribution is 0.0622. The average molecular weight is 398 g/mol. The number of halogens is 1. The molecule has 0 fully saturated rings. The minimum atomic E-state index is -0.145. The fourth-order valence-corrected chi connectivity index (χ4v) is 4.12. The summed E-state index contributed by atoms with van der Waals surface area (Å²) >= 11 is 0. The van der Waals surface area contributed by atoms with Gasteiger partial charge in [-0.2, -0.15) is 0 Å². The Morgan fingerprint density at radius 2 is 1.97 bits per heavy atom. The Hall–Kier alpha value is -1.90. The van der Waals surface area contributed by atoms with Crippen LogP contribution in [0.25, 0.3) is 5.57 Å². The molecule has 29 heavy (non-hydrogen) atoms. The summed E-state index contributed by atoms with van der Waals surface area (Å²) in [7, 11) is 0. The van der Waals surface area contributed by atoms with Crippen LogP contribution in [-0.4, -0.2) is 11.8 Å². The van der Waals surface area contributed by atoms with Gasteiger partial charge in [0.2, 0.25) is 0 Å². The van der Waals surface area contributed by atoms with Gasteiger partial charge in [-0.25, -0.2) is 4.39 Å². The zero-order valence-corrected chi connectivity index (χ0v) is 18.8. The molecule has 0 bridgehead atoms. The largest absolute Gasteiger partial charge is 0.392 e. The molecule has 0 N–H and O–H groups in total. The monoisotopic (exact) mass is 397 g/mol. The molecular weight excluding hydrogens is 361 g/mol. The number of oxime groups is 1. The molecule has 3 unspecified atom stereocenters. The van der Waals surface area contributed by atoms with Crippen molar-refractivity contribution in [3.63, 3.8) is 0 Å². The van der Waals surface area contributed by atoms with Crippen molar-refractivity contribution in [2.45, 2.75) is 73.3 Å². The van der Waals surface area contributed by atoms with Gasteiger partial charge in [-0.1, -0.05) is 77.1 Å². The molecular formula is C26H36FNO. The van der Waals surface area contributed by atoms with E-state index in [2.05, 4.69) is 71.0 Å². The minimum Gasteiger partial charge on any atom is -0.392 e. The van der Waals surface area contributed by atoms with Gasteiger partial charge < -0.3 is 4.84 Å². The summed E-state index contributed by atoms with van der Waals surface area (Å²) in [4.78, 5) is 5.75. The van der Waals surface area contributed by atoms with Crippen molar-refractivity contribution in [2.75, 3.05) is 0 Å². The van der Waals surface area contributed by atoms with Gasteiger partial charge in [0.25, 0.3) is 0 Å². The van der Waals surface area contributed by atoms with Crippen LogP contribution in [0.5, 0.6) is 0 Å². The lowest BCUT2D eigenvalue weighted by Crippen LogP contribution is -2.27. The predicted octanol–water partition coefficient (Wildman–Crippen LogP) is 7.20. The number of allylic oxidation sites excluding steroid dienone is 4. The molecule has 0 spiro atoms. The lowest BCUT2D eigenvalue weighted by atomic mass is 9.75. The number of hydrogen-bond donors (Lipinski definition) is 0. The van der Waals surface area contributed by atoms with Gasteiger partial charge in [0.1, 0.15) is 11.9 Å². The minimum absolute atomic E-state index is 0.132. The second-order valence-corrected chi connectivity index (χ2v) is 9.95. The van der Waals surface area contributed by atoms with E-state index in [1.807, 2.05) is 6.07 Å². The fourth-order valence-electron chi connectivity index (χ4n) is 4.12. The van der Waals surface area contributed by atoms with Gasteiger partial charge >= 0.3 is 0 Å². The molecule has 0 radical (unpaired) electrons. The van der Waals surface area contributed by atoms with Gasteiger partial charge in [-0.05, 0) is 54.2 Å². The Morgan fingerprint density at radius 3 is 2.55 bits per heavy atom. The van der Waals surface area contributed by atoms with Crippen molar-refractivity contribution in [1.29, 1.82) is 0 Å². The summed E-state index contributed by atoms with van der Waals surface area (Å²) < 4.78 is 14.7. The Kier molecular flexibility index (Phi) is 6.65. The van der Waals surface area contributed by atoms with Crippen LogP contribution < -0.4 is 0 Å². The normalized spacial score (nSPS) is 25.2. The van der Waals surface area contributed by atoms with Crippen molar-refractivity contribution in [1.82, 2.24) is 0 Å². The summed E-state index contributed by atoms with van der Waals surface area (Å²) in [6.45, 7) is 13.3. The number of benzene rings is 1. The van der Waals surface area contributed by atoms with Crippen LogP contribution in [0.15, 0.2) is 41.6 Å². The van der Waals surface area contributed by atoms with Crippen molar-refractivity contribution in [3.8, 4) is 0 Å². The smallest absolute Gasteiger partial charge is 0.133 e. The van der Waals surface area contributed by atoms with Crippen LogP contribution in [0.3, 0.4) is 0 Å². The highest BCUT2D eigenvalue weighted by Crippen LogP contribution is 2.39. The van der Waals surface area contributed by atoms with E-state index in [1.54, 1.807) is 6.07 Å². The highest BCUT2D eigenvalue weighted by atomic mass is 19.1. The topological polar surface area (TPSA) is 21.6 Å². The first-order valence-corrected chi connectivity index (χ1v) is 11.1. The fraction of sp³-hybridized carbons (Fsp3) is 0.577. The van der Waals surface area contributed by atoms with Crippen LogP contribution >= 0.6 is 0 Å². The summed E-state index contributed by atoms with van der Waals surface area (Å²) in [6.07, 6.45) is 10.2. The molecule has 2 nitrogen and oxygen atoms in total. The first kappa shape index (κ1) is 21.8. The third-order valence-electron chi connectivity index (χ3n) is 6.53. The maximum absolute atomic E-state index is 14.7. The van der Waals surface area contributed by atoms with E-state index in [-0.39, 0.29) is 17.3 Å². The van der Waals surface area contributed by atoms with Gasteiger partial charge in [-0.3, -0.25) is 0 Å². The van der Waals surface area contributed by atoms with Crippen LogP contribution in [0.1, 0.15) is 71.9 Å². The molecule has 1 aliphatic carbocycles. The number of hydrogen-bond acceptors (Lipinski definition) is 2. The van der Waals surface area contributed by atoms with Gasteiger partial charge in [-0.15, -0.1) is 0 Å². The van der Waals surface area contributed by atoms with Crippen molar-refractivity contribution in [2.24, 2.45) is 28.3 Å². The SMILES string of the molecule is CC(C)Cc1ccc(C2=CCC(C)(C3=NOC(CC(C)C(C)C)C3)C=C2)c(F)c1. The van der Waals surface area contributed by atoms with Gasteiger partial charge in [0, 0.05) is 17.4 Å². The van der Waals surface area contributed by atoms with E-state index < -0.39 is 0 Å². The molecule has 2 aliphatic rings. The molecule has 1 aromatic rings. The van der Waals surface area contributed by atoms with Crippen LogP contribution in [-0.2, 0) is 11.3 Å². The number of nitrogens with zero attached hydrogens (tertiary/aromatic N) is 1. The van der Waals surface area contributed by atoms with Crippen LogP contribution in [0, 0.1) is 29.0 Å². The Morgan fingerprint density at radius 1 is 1.21 bits per heavy atom. The van der Waals surface area contributed by atoms with E-state index in [4.69, 9.17) is 4.84 Å². The Labute approximate surface area is 175 Å². The molecule has 0 saturated heterocycles. The standard InChI is InChI=1S/C26H36FNO/c1-17(2)13-20-7-8-23(24(27)15-20)21-9-11-26(6,12-10-21)25-16-22(29-28-25)14-19(5)18(3)4/h7-11,15,17-19,22H,12-14,16H2,1-6H3. The maximum atomic E-state index is 14.7. The second kappa shape index (κ2) is 8.85. The van der Waals surface area contributed by atoms with Crippen molar-refractivity contribution < 1.29 is 9.23 Å².